The lowest BCUT2D eigenvalue weighted by atomic mass is 10.1. The minimum absolute atomic E-state index is 0.0986. The number of para-hydroxylation sites is 1. The molecule has 1 aliphatic rings. The monoisotopic (exact) mass is 528 g/mol. The van der Waals surface area contributed by atoms with Crippen molar-refractivity contribution in [3.63, 3.8) is 0 Å². The Balaban J connectivity index is 1.34. The van der Waals surface area contributed by atoms with Crippen molar-refractivity contribution in [2.45, 2.75) is 19.9 Å². The number of nitrogens with one attached hydrogen (secondary N) is 1. The second-order valence-electron chi connectivity index (χ2n) is 8.04. The largest absolute Gasteiger partial charge is 0.350 e. The fourth-order valence-corrected chi connectivity index (χ4v) is 7.13. The van der Waals surface area contributed by atoms with Crippen molar-refractivity contribution >= 4 is 68.1 Å². The molecule has 2 amide bonds. The van der Waals surface area contributed by atoms with E-state index in [2.05, 4.69) is 21.4 Å². The van der Waals surface area contributed by atoms with Crippen LogP contribution in [0.5, 0.6) is 0 Å². The standard InChI is InChI=1S/C24H21ClN4O2S3/c1-13-5-3-6-15(9-13)21-20(27-14(2)33-21)23(31)29-12-32-11-16(29)10-26-22(30)17-7-4-8-18-19(17)28-24(25)34-18/h3-9,16H,10-12H2,1-2H3,(H,26,30)/t16-/m1/s1. The molecular weight excluding hydrogens is 508 g/mol. The zero-order chi connectivity index (χ0) is 23.8. The van der Waals surface area contributed by atoms with Crippen LogP contribution in [0.2, 0.25) is 4.47 Å². The van der Waals surface area contributed by atoms with Crippen LogP contribution in [0.25, 0.3) is 20.7 Å². The molecule has 34 heavy (non-hydrogen) atoms. The fourth-order valence-electron chi connectivity index (χ4n) is 3.98. The smallest absolute Gasteiger partial charge is 0.275 e. The van der Waals surface area contributed by atoms with E-state index in [0.717, 1.165) is 31.5 Å². The zero-order valence-corrected chi connectivity index (χ0v) is 21.7. The highest BCUT2D eigenvalue weighted by molar-refractivity contribution is 7.99. The normalized spacial score (nSPS) is 15.7. The van der Waals surface area contributed by atoms with Gasteiger partial charge in [-0.1, -0.05) is 47.5 Å². The lowest BCUT2D eigenvalue weighted by Crippen LogP contribution is -2.44. The maximum atomic E-state index is 13.6. The summed E-state index contributed by atoms with van der Waals surface area (Å²) in [6, 6.07) is 13.5. The second-order valence-corrected chi connectivity index (χ2v) is 11.9. The summed E-state index contributed by atoms with van der Waals surface area (Å²) in [7, 11) is 0. The number of aryl methyl sites for hydroxylation is 2. The molecule has 0 bridgehead atoms. The van der Waals surface area contributed by atoms with Gasteiger partial charge in [0.25, 0.3) is 11.8 Å². The number of thiazole rings is 2. The number of aromatic nitrogens is 2. The van der Waals surface area contributed by atoms with Crippen molar-refractivity contribution in [3.05, 3.63) is 68.8 Å². The molecule has 5 rings (SSSR count). The van der Waals surface area contributed by atoms with Gasteiger partial charge in [0.15, 0.2) is 4.47 Å². The Morgan fingerprint density at radius 3 is 2.79 bits per heavy atom. The summed E-state index contributed by atoms with van der Waals surface area (Å²) in [6.07, 6.45) is 0. The van der Waals surface area contributed by atoms with Crippen LogP contribution in [0, 0.1) is 13.8 Å². The third-order valence-electron chi connectivity index (χ3n) is 5.59. The Labute approximate surface area is 214 Å². The maximum absolute atomic E-state index is 13.6. The first-order valence-electron chi connectivity index (χ1n) is 10.7. The molecular formula is C24H21ClN4O2S3. The number of halogens is 1. The number of nitrogens with zero attached hydrogens (tertiary/aromatic N) is 3. The van der Waals surface area contributed by atoms with Crippen LogP contribution >= 0.6 is 46.0 Å². The van der Waals surface area contributed by atoms with Crippen molar-refractivity contribution in [3.8, 4) is 10.4 Å². The van der Waals surface area contributed by atoms with Gasteiger partial charge in [-0.05, 0) is 31.5 Å². The van der Waals surface area contributed by atoms with Crippen molar-refractivity contribution < 1.29 is 9.59 Å². The first-order valence-corrected chi connectivity index (χ1v) is 13.8. The first kappa shape index (κ1) is 23.3. The molecule has 0 unspecified atom stereocenters. The number of hydrogen-bond acceptors (Lipinski definition) is 7. The SMILES string of the molecule is Cc1cccc(-c2sc(C)nc2C(=O)N2CSC[C@H]2CNC(=O)c2cccc3sc(Cl)nc23)c1. The van der Waals surface area contributed by atoms with E-state index in [4.69, 9.17) is 11.6 Å². The molecule has 1 atom stereocenters. The molecule has 2 aromatic heterocycles. The van der Waals surface area contributed by atoms with Crippen LogP contribution < -0.4 is 5.32 Å². The number of benzene rings is 2. The molecule has 6 nitrogen and oxygen atoms in total. The summed E-state index contributed by atoms with van der Waals surface area (Å²) in [5.74, 6) is 1.00. The first-order chi connectivity index (χ1) is 16.4. The molecule has 10 heteroatoms. The minimum Gasteiger partial charge on any atom is -0.350 e. The van der Waals surface area contributed by atoms with E-state index < -0.39 is 0 Å². The van der Waals surface area contributed by atoms with E-state index in [1.54, 1.807) is 17.8 Å². The highest BCUT2D eigenvalue weighted by Gasteiger charge is 2.33. The number of carbonyl (C=O) groups excluding carboxylic acids is 2. The van der Waals surface area contributed by atoms with Gasteiger partial charge in [0, 0.05) is 12.3 Å². The number of carbonyl (C=O) groups is 2. The number of amides is 2. The molecule has 1 N–H and O–H groups in total. The van der Waals surface area contributed by atoms with Gasteiger partial charge < -0.3 is 10.2 Å². The molecule has 174 valence electrons. The Kier molecular flexibility index (Phi) is 6.61. The molecule has 1 fully saturated rings. The Hall–Kier alpha value is -2.46. The molecule has 0 aliphatic carbocycles. The Bertz CT molecular complexity index is 1400. The van der Waals surface area contributed by atoms with Crippen LogP contribution in [0.4, 0.5) is 0 Å². The summed E-state index contributed by atoms with van der Waals surface area (Å²) in [5.41, 5.74) is 3.70. The Morgan fingerprint density at radius 2 is 1.97 bits per heavy atom. The highest BCUT2D eigenvalue weighted by Crippen LogP contribution is 2.33. The van der Waals surface area contributed by atoms with Crippen molar-refractivity contribution in [1.82, 2.24) is 20.2 Å². The topological polar surface area (TPSA) is 75.2 Å². The van der Waals surface area contributed by atoms with Gasteiger partial charge in [-0.25, -0.2) is 9.97 Å². The molecule has 0 radical (unpaired) electrons. The predicted molar refractivity (Wildman–Crippen MR) is 141 cm³/mol. The van der Waals surface area contributed by atoms with Crippen LogP contribution in [0.3, 0.4) is 0 Å². The summed E-state index contributed by atoms with van der Waals surface area (Å²) in [4.78, 5) is 38.1. The van der Waals surface area contributed by atoms with Crippen molar-refractivity contribution in [1.29, 1.82) is 0 Å². The summed E-state index contributed by atoms with van der Waals surface area (Å²) in [6.45, 7) is 4.31. The third kappa shape index (κ3) is 4.57. The fraction of sp³-hybridized carbons (Fsp3) is 0.250. The molecule has 0 saturated carbocycles. The lowest BCUT2D eigenvalue weighted by Gasteiger charge is -2.24. The summed E-state index contributed by atoms with van der Waals surface area (Å²) < 4.78 is 1.27. The minimum atomic E-state index is -0.221. The van der Waals surface area contributed by atoms with Gasteiger partial charge in [-0.15, -0.1) is 34.4 Å². The number of fused-ring (bicyclic) bond motifs is 1. The zero-order valence-electron chi connectivity index (χ0n) is 18.5. The van der Waals surface area contributed by atoms with Crippen LogP contribution in [-0.4, -0.2) is 50.9 Å². The van der Waals surface area contributed by atoms with E-state index in [-0.39, 0.29) is 17.9 Å². The quantitative estimate of drug-likeness (QED) is 0.363. The molecule has 3 heterocycles. The molecule has 0 spiro atoms. The van der Waals surface area contributed by atoms with Crippen LogP contribution in [0.15, 0.2) is 42.5 Å². The van der Waals surface area contributed by atoms with E-state index in [1.165, 1.54) is 22.7 Å². The van der Waals surface area contributed by atoms with E-state index in [9.17, 15) is 9.59 Å². The number of hydrogen-bond donors (Lipinski definition) is 1. The third-order valence-corrected chi connectivity index (χ3v) is 8.82. The lowest BCUT2D eigenvalue weighted by molar-refractivity contribution is 0.0732. The van der Waals surface area contributed by atoms with Gasteiger partial charge in [-0.2, -0.15) is 0 Å². The summed E-state index contributed by atoms with van der Waals surface area (Å²) >= 11 is 10.6. The number of rotatable bonds is 5. The van der Waals surface area contributed by atoms with Gasteiger partial charge in [-0.3, -0.25) is 9.59 Å². The van der Waals surface area contributed by atoms with E-state index >= 15 is 0 Å². The molecule has 4 aromatic rings. The predicted octanol–water partition coefficient (Wildman–Crippen LogP) is 5.64. The molecule has 1 saturated heterocycles. The second kappa shape index (κ2) is 9.65. The maximum Gasteiger partial charge on any atom is 0.275 e. The van der Waals surface area contributed by atoms with E-state index in [0.29, 0.717) is 33.7 Å². The molecule has 2 aromatic carbocycles. The van der Waals surface area contributed by atoms with Crippen LogP contribution in [-0.2, 0) is 0 Å². The average molecular weight is 529 g/mol. The van der Waals surface area contributed by atoms with Gasteiger partial charge >= 0.3 is 0 Å². The van der Waals surface area contributed by atoms with Gasteiger partial charge in [0.05, 0.1) is 37.6 Å². The number of thioether (sulfide) groups is 1. The average Bonchev–Trinajstić information content (AvgIpc) is 3.53. The summed E-state index contributed by atoms with van der Waals surface area (Å²) in [5, 5.41) is 3.85. The van der Waals surface area contributed by atoms with Crippen molar-refractivity contribution in [2.24, 2.45) is 0 Å². The van der Waals surface area contributed by atoms with Gasteiger partial charge in [0.2, 0.25) is 0 Å². The molecule has 1 aliphatic heterocycles. The van der Waals surface area contributed by atoms with Crippen molar-refractivity contribution in [2.75, 3.05) is 18.2 Å². The van der Waals surface area contributed by atoms with Gasteiger partial charge in [0.1, 0.15) is 5.69 Å². The Morgan fingerprint density at radius 1 is 1.15 bits per heavy atom. The van der Waals surface area contributed by atoms with Crippen LogP contribution in [0.1, 0.15) is 31.4 Å². The van der Waals surface area contributed by atoms with E-state index in [1.807, 2.05) is 49.1 Å². The highest BCUT2D eigenvalue weighted by atomic mass is 35.5.